The number of nitrogens with zero attached hydrogens (tertiary/aromatic N) is 3. The maximum absolute atomic E-state index is 5.95. The Labute approximate surface area is 187 Å². The summed E-state index contributed by atoms with van der Waals surface area (Å²) in [5.41, 5.74) is 4.15. The molecule has 0 saturated carbocycles. The van der Waals surface area contributed by atoms with E-state index in [4.69, 9.17) is 4.74 Å². The van der Waals surface area contributed by atoms with Crippen LogP contribution in [0.2, 0.25) is 0 Å². The molecule has 3 N–H and O–H groups in total. The highest BCUT2D eigenvalue weighted by Gasteiger charge is 2.11. The van der Waals surface area contributed by atoms with Crippen molar-refractivity contribution in [1.29, 1.82) is 0 Å². The summed E-state index contributed by atoms with van der Waals surface area (Å²) in [6.07, 6.45) is 4.34. The number of benzene rings is 2. The zero-order chi connectivity index (χ0) is 21.8. The molecule has 0 spiro atoms. The van der Waals surface area contributed by atoms with Gasteiger partial charge in [-0.1, -0.05) is 6.07 Å². The van der Waals surface area contributed by atoms with Gasteiger partial charge in [-0.2, -0.15) is 4.98 Å². The predicted molar refractivity (Wildman–Crippen MR) is 129 cm³/mol. The Kier molecular flexibility index (Phi) is 5.89. The van der Waals surface area contributed by atoms with Gasteiger partial charge in [-0.05, 0) is 75.3 Å². The van der Waals surface area contributed by atoms with E-state index in [0.717, 1.165) is 40.7 Å². The second-order valence-corrected chi connectivity index (χ2v) is 8.19. The van der Waals surface area contributed by atoms with Crippen molar-refractivity contribution in [2.75, 3.05) is 36.9 Å². The van der Waals surface area contributed by atoms with Crippen molar-refractivity contribution in [3.8, 4) is 5.75 Å². The van der Waals surface area contributed by atoms with E-state index < -0.39 is 0 Å². The van der Waals surface area contributed by atoms with Gasteiger partial charge >= 0.3 is 0 Å². The smallest absolute Gasteiger partial charge is 0.229 e. The number of H-pyrrole nitrogens is 1. The number of aromatic amines is 1. The summed E-state index contributed by atoms with van der Waals surface area (Å²) < 4.78 is 5.95. The number of likely N-dealkylation sites (tertiary alicyclic amines) is 1. The number of anilines is 4. The van der Waals surface area contributed by atoms with E-state index in [-0.39, 0.29) is 0 Å². The monoisotopic (exact) mass is 428 g/mol. The molecular weight excluding hydrogens is 400 g/mol. The first-order valence-electron chi connectivity index (χ1n) is 11.1. The predicted octanol–water partition coefficient (Wildman–Crippen LogP) is 5.23. The van der Waals surface area contributed by atoms with Crippen molar-refractivity contribution < 1.29 is 4.74 Å². The van der Waals surface area contributed by atoms with Crippen molar-refractivity contribution in [1.82, 2.24) is 19.9 Å². The molecule has 5 rings (SSSR count). The van der Waals surface area contributed by atoms with Crippen LogP contribution in [0.3, 0.4) is 0 Å². The van der Waals surface area contributed by atoms with Crippen LogP contribution in [-0.2, 0) is 0 Å². The fraction of sp³-hybridized carbons (Fsp3) is 0.280. The minimum Gasteiger partial charge on any atom is -0.492 e. The van der Waals surface area contributed by atoms with Gasteiger partial charge in [0.05, 0.1) is 0 Å². The lowest BCUT2D eigenvalue weighted by atomic mass is 10.2. The molecule has 2 aromatic carbocycles. The van der Waals surface area contributed by atoms with Crippen LogP contribution < -0.4 is 15.4 Å². The van der Waals surface area contributed by atoms with Crippen molar-refractivity contribution >= 4 is 34.0 Å². The molecule has 0 bridgehead atoms. The molecule has 3 heterocycles. The van der Waals surface area contributed by atoms with E-state index in [1.165, 1.54) is 31.3 Å². The minimum absolute atomic E-state index is 0.530. The third-order valence-electron chi connectivity index (χ3n) is 5.65. The Balaban J connectivity index is 1.22. The molecular formula is C25H28N6O. The quantitative estimate of drug-likeness (QED) is 0.357. The van der Waals surface area contributed by atoms with Gasteiger partial charge in [0.25, 0.3) is 0 Å². The fourth-order valence-corrected chi connectivity index (χ4v) is 4.08. The highest BCUT2D eigenvalue weighted by atomic mass is 16.5. The first-order valence-corrected chi connectivity index (χ1v) is 11.1. The van der Waals surface area contributed by atoms with Crippen molar-refractivity contribution in [3.05, 3.63) is 66.5 Å². The van der Waals surface area contributed by atoms with Crippen LogP contribution in [0.15, 0.2) is 60.8 Å². The van der Waals surface area contributed by atoms with Gasteiger partial charge in [-0.25, -0.2) is 4.98 Å². The molecule has 1 aliphatic rings. The number of ether oxygens (including phenoxy) is 1. The van der Waals surface area contributed by atoms with Crippen LogP contribution >= 0.6 is 0 Å². The Morgan fingerprint density at radius 3 is 2.78 bits per heavy atom. The van der Waals surface area contributed by atoms with Gasteiger partial charge in [-0.15, -0.1) is 0 Å². The van der Waals surface area contributed by atoms with E-state index in [1.54, 1.807) is 6.20 Å². The van der Waals surface area contributed by atoms with Gasteiger partial charge in [0.1, 0.15) is 18.2 Å². The maximum atomic E-state index is 5.95. The molecule has 2 aromatic heterocycles. The Bertz CT molecular complexity index is 1200. The number of rotatable bonds is 8. The number of fused-ring (bicyclic) bond motifs is 1. The molecule has 4 aromatic rings. The summed E-state index contributed by atoms with van der Waals surface area (Å²) in [5.74, 6) is 2.11. The molecule has 32 heavy (non-hydrogen) atoms. The summed E-state index contributed by atoms with van der Waals surface area (Å²) in [6, 6.07) is 18.1. The molecule has 1 aliphatic heterocycles. The van der Waals surface area contributed by atoms with Crippen molar-refractivity contribution in [2.45, 2.75) is 19.8 Å². The highest BCUT2D eigenvalue weighted by Crippen LogP contribution is 2.24. The van der Waals surface area contributed by atoms with Crippen LogP contribution in [0.25, 0.3) is 10.9 Å². The lowest BCUT2D eigenvalue weighted by molar-refractivity contribution is 0.238. The standard InChI is InChI=1S/C25H28N6O/c1-18-15-19-16-21(7-8-23(19)27-18)28-24-9-10-26-25(30-24)29-20-5-4-6-22(17-20)32-14-13-31-11-2-3-12-31/h4-10,15-17,27H,2-3,11-14H2,1H3,(H2,26,28,29,30). The zero-order valence-corrected chi connectivity index (χ0v) is 18.3. The van der Waals surface area contributed by atoms with E-state index in [0.29, 0.717) is 12.6 Å². The number of aryl methyl sites for hydroxylation is 1. The van der Waals surface area contributed by atoms with E-state index in [1.807, 2.05) is 36.4 Å². The molecule has 0 radical (unpaired) electrons. The maximum Gasteiger partial charge on any atom is 0.229 e. The average molecular weight is 429 g/mol. The molecule has 0 amide bonds. The molecule has 1 fully saturated rings. The summed E-state index contributed by atoms with van der Waals surface area (Å²) in [4.78, 5) is 14.8. The SMILES string of the molecule is Cc1cc2cc(Nc3ccnc(Nc4cccc(OCCN5CCCC5)c4)n3)ccc2[nH]1. The average Bonchev–Trinajstić information content (AvgIpc) is 3.43. The fourth-order valence-electron chi connectivity index (χ4n) is 4.08. The van der Waals surface area contributed by atoms with Gasteiger partial charge < -0.3 is 20.4 Å². The van der Waals surface area contributed by atoms with Crippen molar-refractivity contribution in [3.63, 3.8) is 0 Å². The summed E-state index contributed by atoms with van der Waals surface area (Å²) in [5, 5.41) is 7.81. The summed E-state index contributed by atoms with van der Waals surface area (Å²) in [7, 11) is 0. The molecule has 0 aliphatic carbocycles. The van der Waals surface area contributed by atoms with Gasteiger partial charge in [-0.3, -0.25) is 4.90 Å². The topological polar surface area (TPSA) is 78.1 Å². The first-order chi connectivity index (χ1) is 15.7. The number of nitrogens with one attached hydrogen (secondary N) is 3. The van der Waals surface area contributed by atoms with Crippen LogP contribution in [0.4, 0.5) is 23.1 Å². The van der Waals surface area contributed by atoms with E-state index in [2.05, 4.69) is 55.6 Å². The minimum atomic E-state index is 0.530. The van der Waals surface area contributed by atoms with Crippen molar-refractivity contribution in [2.24, 2.45) is 0 Å². The molecule has 7 nitrogen and oxygen atoms in total. The Hall–Kier alpha value is -3.58. The Morgan fingerprint density at radius 1 is 1.00 bits per heavy atom. The third-order valence-corrected chi connectivity index (χ3v) is 5.65. The van der Waals surface area contributed by atoms with E-state index >= 15 is 0 Å². The summed E-state index contributed by atoms with van der Waals surface area (Å²) >= 11 is 0. The van der Waals surface area contributed by atoms with Crippen LogP contribution in [0, 0.1) is 6.92 Å². The second kappa shape index (κ2) is 9.28. The Morgan fingerprint density at radius 2 is 1.88 bits per heavy atom. The van der Waals surface area contributed by atoms with Gasteiger partial charge in [0.15, 0.2) is 0 Å². The zero-order valence-electron chi connectivity index (χ0n) is 18.3. The van der Waals surface area contributed by atoms with Crippen LogP contribution in [0.1, 0.15) is 18.5 Å². The molecule has 0 atom stereocenters. The number of hydrogen-bond acceptors (Lipinski definition) is 6. The van der Waals surface area contributed by atoms with Gasteiger partial charge in [0, 0.05) is 46.8 Å². The van der Waals surface area contributed by atoms with E-state index in [9.17, 15) is 0 Å². The molecule has 164 valence electrons. The third kappa shape index (κ3) is 5.00. The summed E-state index contributed by atoms with van der Waals surface area (Å²) in [6.45, 7) is 6.10. The lowest BCUT2D eigenvalue weighted by Gasteiger charge is -2.15. The highest BCUT2D eigenvalue weighted by molar-refractivity contribution is 5.84. The molecule has 0 unspecified atom stereocenters. The second-order valence-electron chi connectivity index (χ2n) is 8.19. The number of hydrogen-bond donors (Lipinski definition) is 3. The molecule has 7 heteroatoms. The largest absolute Gasteiger partial charge is 0.492 e. The number of aromatic nitrogens is 3. The molecule has 1 saturated heterocycles. The van der Waals surface area contributed by atoms with Gasteiger partial charge in [0.2, 0.25) is 5.95 Å². The normalized spacial score (nSPS) is 14.0. The first kappa shape index (κ1) is 20.3. The van der Waals surface area contributed by atoms with Crippen LogP contribution in [0.5, 0.6) is 5.75 Å². The lowest BCUT2D eigenvalue weighted by Crippen LogP contribution is -2.25. The van der Waals surface area contributed by atoms with Crippen LogP contribution in [-0.4, -0.2) is 46.1 Å².